The summed E-state index contributed by atoms with van der Waals surface area (Å²) in [6.07, 6.45) is -3.29. The summed E-state index contributed by atoms with van der Waals surface area (Å²) in [5, 5.41) is 9.13. The average molecular weight is 469 g/mol. The number of aryl methyl sites for hydroxylation is 3. The largest absolute Gasteiger partial charge is 0.483 e. The molecule has 4 heterocycles. The summed E-state index contributed by atoms with van der Waals surface area (Å²) >= 11 is 0. The monoisotopic (exact) mass is 469 g/mol. The zero-order valence-corrected chi connectivity index (χ0v) is 18.3. The van der Waals surface area contributed by atoms with Crippen molar-refractivity contribution >= 4 is 6.03 Å². The first-order valence-electron chi connectivity index (χ1n) is 10.7. The first-order valence-corrected chi connectivity index (χ1v) is 10.7. The second kappa shape index (κ2) is 9.56. The lowest BCUT2D eigenvalue weighted by molar-refractivity contribution is -0.141. The van der Waals surface area contributed by atoms with Crippen molar-refractivity contribution in [2.45, 2.75) is 57.3 Å². The van der Waals surface area contributed by atoms with Crippen molar-refractivity contribution in [3.63, 3.8) is 0 Å². The van der Waals surface area contributed by atoms with Gasteiger partial charge >= 0.3 is 12.2 Å². The quantitative estimate of drug-likeness (QED) is 0.604. The van der Waals surface area contributed by atoms with Gasteiger partial charge in [-0.05, 0) is 38.5 Å². The molecule has 12 heteroatoms. The van der Waals surface area contributed by atoms with Crippen molar-refractivity contribution in [3.05, 3.63) is 41.5 Å². The molecule has 0 unspecified atom stereocenters. The standard InChI is InChI=1S/C21H26F3N5O4/c1-12-9-17(21(22,23)24)28-29(12)8-4-7-26-20(30)27-14-10-31-19-16(11-32-18(14)19)33-15-5-3-6-25-13(15)2/h3,5-6,9,14,16,18-19H,4,7-8,10-11H2,1-2H3,(H2,26,27,30)/t14-,16-,18+,19+/m0/s1. The lowest BCUT2D eigenvalue weighted by Crippen LogP contribution is -2.48. The number of hydrogen-bond donors (Lipinski definition) is 2. The molecule has 0 spiro atoms. The maximum Gasteiger partial charge on any atom is 0.435 e. The Hall–Kier alpha value is -2.86. The van der Waals surface area contributed by atoms with E-state index in [1.54, 1.807) is 19.2 Å². The van der Waals surface area contributed by atoms with Gasteiger partial charge in [-0.1, -0.05) is 0 Å². The minimum absolute atomic E-state index is 0.259. The predicted molar refractivity (Wildman–Crippen MR) is 110 cm³/mol. The molecular weight excluding hydrogens is 443 g/mol. The molecule has 2 aromatic rings. The molecule has 2 fully saturated rings. The van der Waals surface area contributed by atoms with Crippen LogP contribution >= 0.6 is 0 Å². The van der Waals surface area contributed by atoms with Gasteiger partial charge in [0, 0.05) is 25.0 Å². The number of rotatable bonds is 7. The maximum atomic E-state index is 12.7. The Morgan fingerprint density at radius 1 is 1.27 bits per heavy atom. The van der Waals surface area contributed by atoms with E-state index in [1.165, 1.54) is 4.68 Å². The molecule has 2 aliphatic rings. The Labute approximate surface area is 188 Å². The molecule has 2 amide bonds. The summed E-state index contributed by atoms with van der Waals surface area (Å²) in [6.45, 7) is 4.59. The number of nitrogens with zero attached hydrogens (tertiary/aromatic N) is 3. The summed E-state index contributed by atoms with van der Waals surface area (Å²) < 4.78 is 57.2. The zero-order valence-electron chi connectivity index (χ0n) is 18.3. The molecule has 9 nitrogen and oxygen atoms in total. The number of hydrogen-bond acceptors (Lipinski definition) is 6. The van der Waals surface area contributed by atoms with Crippen LogP contribution in [0.15, 0.2) is 24.4 Å². The van der Waals surface area contributed by atoms with Gasteiger partial charge in [0.15, 0.2) is 11.8 Å². The second-order valence-corrected chi connectivity index (χ2v) is 8.09. The number of alkyl halides is 3. The van der Waals surface area contributed by atoms with Gasteiger partial charge < -0.3 is 24.8 Å². The number of carbonyl (C=O) groups is 1. The van der Waals surface area contributed by atoms with Crippen LogP contribution in [-0.4, -0.2) is 64.9 Å². The highest BCUT2D eigenvalue weighted by Gasteiger charge is 2.49. The number of pyridine rings is 1. The highest BCUT2D eigenvalue weighted by molar-refractivity contribution is 5.74. The van der Waals surface area contributed by atoms with Crippen LogP contribution in [0, 0.1) is 13.8 Å². The first kappa shape index (κ1) is 23.3. The van der Waals surface area contributed by atoms with Crippen molar-refractivity contribution in [1.82, 2.24) is 25.4 Å². The maximum absolute atomic E-state index is 12.7. The molecular formula is C21H26F3N5O4. The van der Waals surface area contributed by atoms with Crippen molar-refractivity contribution in [3.8, 4) is 5.75 Å². The van der Waals surface area contributed by atoms with Crippen molar-refractivity contribution in [2.75, 3.05) is 19.8 Å². The molecule has 0 aromatic carbocycles. The van der Waals surface area contributed by atoms with E-state index in [0.29, 0.717) is 31.1 Å². The van der Waals surface area contributed by atoms with E-state index in [4.69, 9.17) is 14.2 Å². The van der Waals surface area contributed by atoms with E-state index >= 15 is 0 Å². The molecule has 0 bridgehead atoms. The van der Waals surface area contributed by atoms with Gasteiger partial charge in [0.25, 0.3) is 0 Å². The Bertz CT molecular complexity index is 983. The van der Waals surface area contributed by atoms with E-state index in [2.05, 4.69) is 20.7 Å². The number of urea groups is 1. The number of aromatic nitrogens is 3. The summed E-state index contributed by atoms with van der Waals surface area (Å²) in [5.74, 6) is 0.666. The number of carbonyl (C=O) groups excluding carboxylic acids is 1. The third-order valence-electron chi connectivity index (χ3n) is 5.67. The van der Waals surface area contributed by atoms with Gasteiger partial charge in [-0.15, -0.1) is 0 Å². The molecule has 2 aromatic heterocycles. The molecule has 0 aliphatic carbocycles. The Morgan fingerprint density at radius 2 is 2.06 bits per heavy atom. The molecule has 2 aliphatic heterocycles. The molecule has 2 saturated heterocycles. The number of halogens is 3. The fourth-order valence-corrected chi connectivity index (χ4v) is 3.97. The summed E-state index contributed by atoms with van der Waals surface area (Å²) in [4.78, 5) is 16.5. The van der Waals surface area contributed by atoms with E-state index < -0.39 is 17.9 Å². The summed E-state index contributed by atoms with van der Waals surface area (Å²) in [5.41, 5.74) is 0.268. The third-order valence-corrected chi connectivity index (χ3v) is 5.67. The van der Waals surface area contributed by atoms with Crippen LogP contribution in [0.3, 0.4) is 0 Å². The second-order valence-electron chi connectivity index (χ2n) is 8.09. The van der Waals surface area contributed by atoms with Crippen LogP contribution in [0.5, 0.6) is 5.75 Å². The SMILES string of the molecule is Cc1ncccc1O[C@H]1CO[C@H]2[C@@H]1OC[C@@H]2NC(=O)NCCCn1nc(C(F)(F)F)cc1C. The Kier molecular flexibility index (Phi) is 6.75. The fourth-order valence-electron chi connectivity index (χ4n) is 3.97. The number of fused-ring (bicyclic) bond motifs is 1. The van der Waals surface area contributed by atoms with Crippen LogP contribution in [0.1, 0.15) is 23.5 Å². The minimum Gasteiger partial charge on any atom is -0.483 e. The lowest BCUT2D eigenvalue weighted by Gasteiger charge is -2.19. The van der Waals surface area contributed by atoms with Crippen LogP contribution < -0.4 is 15.4 Å². The molecule has 0 radical (unpaired) electrons. The number of ether oxygens (including phenoxy) is 3. The van der Waals surface area contributed by atoms with Gasteiger partial charge in [-0.2, -0.15) is 18.3 Å². The van der Waals surface area contributed by atoms with Gasteiger partial charge in [-0.25, -0.2) is 4.79 Å². The average Bonchev–Trinajstić information content (AvgIpc) is 3.44. The van der Waals surface area contributed by atoms with Gasteiger partial charge in [0.1, 0.15) is 18.0 Å². The molecule has 4 atom stereocenters. The molecule has 2 N–H and O–H groups in total. The zero-order chi connectivity index (χ0) is 23.6. The van der Waals surface area contributed by atoms with Crippen LogP contribution in [-0.2, 0) is 22.2 Å². The minimum atomic E-state index is -4.47. The number of amides is 2. The molecule has 4 rings (SSSR count). The van der Waals surface area contributed by atoms with Crippen molar-refractivity contribution in [1.29, 1.82) is 0 Å². The first-order chi connectivity index (χ1) is 15.7. The molecule has 180 valence electrons. The van der Waals surface area contributed by atoms with E-state index in [0.717, 1.165) is 11.8 Å². The highest BCUT2D eigenvalue weighted by Crippen LogP contribution is 2.31. The van der Waals surface area contributed by atoms with Gasteiger partial charge in [0.2, 0.25) is 0 Å². The normalized spacial score (nSPS) is 24.5. The van der Waals surface area contributed by atoms with Gasteiger partial charge in [-0.3, -0.25) is 9.67 Å². The van der Waals surface area contributed by atoms with Crippen molar-refractivity contribution in [2.24, 2.45) is 0 Å². The Morgan fingerprint density at radius 3 is 2.79 bits per heavy atom. The number of nitrogens with one attached hydrogen (secondary N) is 2. The third kappa shape index (κ3) is 5.38. The highest BCUT2D eigenvalue weighted by atomic mass is 19.4. The Balaban J connectivity index is 1.20. The van der Waals surface area contributed by atoms with E-state index in [-0.39, 0.29) is 37.4 Å². The topological polar surface area (TPSA) is 99.5 Å². The van der Waals surface area contributed by atoms with Crippen LogP contribution in [0.4, 0.5) is 18.0 Å². The van der Waals surface area contributed by atoms with E-state index in [9.17, 15) is 18.0 Å². The lowest BCUT2D eigenvalue weighted by atomic mass is 10.1. The van der Waals surface area contributed by atoms with Crippen molar-refractivity contribution < 1.29 is 32.2 Å². The predicted octanol–water partition coefficient (Wildman–Crippen LogP) is 2.22. The summed E-state index contributed by atoms with van der Waals surface area (Å²) in [7, 11) is 0. The fraction of sp³-hybridized carbons (Fsp3) is 0.571. The van der Waals surface area contributed by atoms with E-state index in [1.807, 2.05) is 13.0 Å². The van der Waals surface area contributed by atoms with Crippen LogP contribution in [0.2, 0.25) is 0 Å². The smallest absolute Gasteiger partial charge is 0.435 e. The van der Waals surface area contributed by atoms with Crippen LogP contribution in [0.25, 0.3) is 0 Å². The molecule has 33 heavy (non-hydrogen) atoms. The molecule has 0 saturated carbocycles. The summed E-state index contributed by atoms with van der Waals surface area (Å²) in [6, 6.07) is 3.91. The van der Waals surface area contributed by atoms with Gasteiger partial charge in [0.05, 0.1) is 24.9 Å².